The van der Waals surface area contributed by atoms with Crippen LogP contribution in [-0.2, 0) is 30.7 Å². The summed E-state index contributed by atoms with van der Waals surface area (Å²) in [6.07, 6.45) is 8.87. The van der Waals surface area contributed by atoms with Crippen molar-refractivity contribution in [3.05, 3.63) is 84.5 Å². The van der Waals surface area contributed by atoms with Crippen molar-refractivity contribution in [2.24, 2.45) is 0 Å². The van der Waals surface area contributed by atoms with Crippen molar-refractivity contribution in [1.82, 2.24) is 19.6 Å². The Balaban J connectivity index is 1.51. The third-order valence-electron chi connectivity index (χ3n) is 5.01. The van der Waals surface area contributed by atoms with E-state index in [-0.39, 0.29) is 17.6 Å². The molecule has 0 saturated carbocycles. The number of fused-ring (bicyclic) bond motifs is 4. The van der Waals surface area contributed by atoms with Gasteiger partial charge in [0.1, 0.15) is 0 Å². The Kier molecular flexibility index (Phi) is 3.76. The maximum absolute atomic E-state index is 6.07. The number of nitrogens with zero attached hydrogens (tertiary/aromatic N) is 4. The summed E-state index contributed by atoms with van der Waals surface area (Å²) < 4.78 is 8.93. The molecule has 0 spiro atoms. The number of hydrogen-bond acceptors (Lipinski definition) is 5. The van der Waals surface area contributed by atoms with E-state index >= 15 is 0 Å². The Morgan fingerprint density at radius 1 is 0.679 bits per heavy atom. The summed E-state index contributed by atoms with van der Waals surface area (Å²) >= 11 is -0.330. The topological polar surface area (TPSA) is 22.2 Å². The van der Waals surface area contributed by atoms with Gasteiger partial charge in [-0.05, 0) is 0 Å². The molecule has 0 aromatic heterocycles. The van der Waals surface area contributed by atoms with Gasteiger partial charge in [-0.15, -0.1) is 0 Å². The average Bonchev–Trinajstić information content (AvgIpc) is 3.19. The van der Waals surface area contributed by atoms with Crippen molar-refractivity contribution in [3.63, 3.8) is 0 Å². The van der Waals surface area contributed by atoms with Crippen molar-refractivity contribution in [2.45, 2.75) is 13.1 Å². The zero-order chi connectivity index (χ0) is 18.5. The first-order valence-corrected chi connectivity index (χ1v) is 11.6. The van der Waals surface area contributed by atoms with Gasteiger partial charge in [-0.3, -0.25) is 0 Å². The first-order chi connectivity index (χ1) is 13.8. The van der Waals surface area contributed by atoms with Crippen molar-refractivity contribution < 1.29 is 22.4 Å². The number of ether oxygens (including phenoxy) is 1. The Labute approximate surface area is 172 Å². The molecule has 144 valence electrons. The molecule has 0 saturated heterocycles. The quantitative estimate of drug-likeness (QED) is 0.470. The average molecular weight is 549 g/mol. The summed E-state index contributed by atoms with van der Waals surface area (Å²) in [6, 6.07) is 19.1. The van der Waals surface area contributed by atoms with Crippen LogP contribution in [-0.4, -0.2) is 41.0 Å². The van der Waals surface area contributed by atoms with E-state index in [0.717, 1.165) is 48.8 Å². The van der Waals surface area contributed by atoms with Crippen LogP contribution in [0.1, 0.15) is 11.1 Å². The molecule has 4 aliphatic heterocycles. The van der Waals surface area contributed by atoms with Gasteiger partial charge in [0.15, 0.2) is 0 Å². The SMILES string of the molecule is [c-]1c2cccc1Oc1[c-]c(ccc1)CN1C=CN3CCN4C=CN(C2)[C]4=[Pt]=[C]31. The second-order valence-corrected chi connectivity index (χ2v) is 9.58. The Morgan fingerprint density at radius 2 is 1.18 bits per heavy atom. The molecule has 0 unspecified atom stereocenters. The molecule has 0 aliphatic carbocycles. The van der Waals surface area contributed by atoms with Crippen LogP contribution in [0, 0.1) is 12.1 Å². The molecule has 0 N–H and O–H groups in total. The first kappa shape index (κ1) is 16.3. The van der Waals surface area contributed by atoms with Gasteiger partial charge in [-0.25, -0.2) is 0 Å². The summed E-state index contributed by atoms with van der Waals surface area (Å²) in [5.74, 6) is 1.48. The van der Waals surface area contributed by atoms with Gasteiger partial charge >= 0.3 is 172 Å². The fraction of sp³-hybridized carbons (Fsp3) is 0.182. The molecule has 4 heterocycles. The molecule has 0 radical (unpaired) electrons. The van der Waals surface area contributed by atoms with Crippen molar-refractivity contribution in [3.8, 4) is 11.5 Å². The minimum absolute atomic E-state index is 0.330. The molecule has 6 rings (SSSR count). The van der Waals surface area contributed by atoms with E-state index in [1.54, 1.807) is 0 Å². The summed E-state index contributed by atoms with van der Waals surface area (Å²) in [7, 11) is 0. The summed E-state index contributed by atoms with van der Waals surface area (Å²) in [5, 5.41) is 0. The van der Waals surface area contributed by atoms with E-state index in [9.17, 15) is 0 Å². The van der Waals surface area contributed by atoms with E-state index in [1.807, 2.05) is 24.3 Å². The molecule has 6 heteroatoms. The third-order valence-corrected chi connectivity index (χ3v) is 8.64. The fourth-order valence-corrected chi connectivity index (χ4v) is 6.97. The van der Waals surface area contributed by atoms with Gasteiger partial charge in [0.05, 0.1) is 0 Å². The maximum atomic E-state index is 6.07. The van der Waals surface area contributed by atoms with Crippen molar-refractivity contribution >= 4 is 8.29 Å². The van der Waals surface area contributed by atoms with Crippen LogP contribution < -0.4 is 4.74 Å². The minimum atomic E-state index is -0.330. The molecule has 0 amide bonds. The molecule has 0 fully saturated rings. The second kappa shape index (κ2) is 6.45. The first-order valence-electron chi connectivity index (χ1n) is 9.28. The number of rotatable bonds is 0. The standard InChI is InChI=1S/C22H18N4O.Pt/c1-3-19-13-21(5-1)27-22-6-2-4-20(14-22)16-26-12-10-24(18-26)8-7-23-9-11-25(15-19)17-23;/h1-6,9-12H,7-8,15-16H2;/q-2;. The molecule has 5 nitrogen and oxygen atoms in total. The predicted octanol–water partition coefficient (Wildman–Crippen LogP) is 2.54. The third kappa shape index (κ3) is 2.82. The van der Waals surface area contributed by atoms with Crippen LogP contribution in [0.2, 0.25) is 0 Å². The number of benzene rings is 2. The van der Waals surface area contributed by atoms with Crippen LogP contribution in [0.5, 0.6) is 11.5 Å². The predicted molar refractivity (Wildman–Crippen MR) is 103 cm³/mol. The van der Waals surface area contributed by atoms with Crippen LogP contribution in [0.15, 0.2) is 61.2 Å². The number of hydrogen-bond donors (Lipinski definition) is 0. The van der Waals surface area contributed by atoms with Gasteiger partial charge < -0.3 is 0 Å². The Bertz CT molecular complexity index is 1000. The molecule has 2 aromatic carbocycles. The van der Waals surface area contributed by atoms with Gasteiger partial charge in [0.25, 0.3) is 0 Å². The van der Waals surface area contributed by atoms with Gasteiger partial charge in [0.2, 0.25) is 0 Å². The van der Waals surface area contributed by atoms with Gasteiger partial charge in [0, 0.05) is 0 Å². The molecule has 6 bridgehead atoms. The van der Waals surface area contributed by atoms with E-state index < -0.39 is 0 Å². The molecule has 4 aliphatic rings. The summed E-state index contributed by atoms with van der Waals surface area (Å²) in [4.78, 5) is 9.61. The van der Waals surface area contributed by atoms with Crippen LogP contribution >= 0.6 is 0 Å². The van der Waals surface area contributed by atoms with Crippen molar-refractivity contribution in [1.29, 1.82) is 0 Å². The zero-order valence-electron chi connectivity index (χ0n) is 15.1. The van der Waals surface area contributed by atoms with E-state index in [1.165, 1.54) is 8.29 Å². The van der Waals surface area contributed by atoms with Crippen LogP contribution in [0.25, 0.3) is 0 Å². The van der Waals surface area contributed by atoms with Crippen LogP contribution in [0.4, 0.5) is 0 Å². The zero-order valence-corrected chi connectivity index (χ0v) is 17.4. The molecular formula is C22H18N4OPt-2. The summed E-state index contributed by atoms with van der Waals surface area (Å²) in [5.41, 5.74) is 2.25. The normalized spacial score (nSPS) is 20.0. The Hall–Kier alpha value is -2.65. The van der Waals surface area contributed by atoms with E-state index in [0.29, 0.717) is 0 Å². The van der Waals surface area contributed by atoms with Gasteiger partial charge in [-0.2, -0.15) is 0 Å². The van der Waals surface area contributed by atoms with Crippen LogP contribution in [0.3, 0.4) is 0 Å². The molecule has 28 heavy (non-hydrogen) atoms. The monoisotopic (exact) mass is 549 g/mol. The molecular weight excluding hydrogens is 531 g/mol. The fourth-order valence-electron chi connectivity index (χ4n) is 3.66. The van der Waals surface area contributed by atoms with E-state index in [4.69, 9.17) is 4.74 Å². The molecule has 0 atom stereocenters. The Morgan fingerprint density at radius 3 is 1.71 bits per heavy atom. The molecule has 2 aromatic rings. The second-order valence-electron chi connectivity index (χ2n) is 6.98. The van der Waals surface area contributed by atoms with E-state index in [2.05, 4.69) is 68.7 Å². The van der Waals surface area contributed by atoms with Gasteiger partial charge in [-0.1, -0.05) is 0 Å². The summed E-state index contributed by atoms with van der Waals surface area (Å²) in [6.45, 7) is 3.64. The van der Waals surface area contributed by atoms with Crippen molar-refractivity contribution in [2.75, 3.05) is 13.1 Å².